The summed E-state index contributed by atoms with van der Waals surface area (Å²) in [6.45, 7) is 4.71. The molecule has 13 heteroatoms. The Hall–Kier alpha value is -2.22. The van der Waals surface area contributed by atoms with Crippen LogP contribution in [0.1, 0.15) is 55.6 Å². The van der Waals surface area contributed by atoms with Crippen LogP contribution < -0.4 is 9.62 Å². The molecule has 2 unspecified atom stereocenters. The van der Waals surface area contributed by atoms with Gasteiger partial charge in [0.1, 0.15) is 0 Å². The fourth-order valence-corrected chi connectivity index (χ4v) is 5.94. The van der Waals surface area contributed by atoms with Gasteiger partial charge in [0.15, 0.2) is 17.8 Å². The van der Waals surface area contributed by atoms with E-state index in [4.69, 9.17) is 21.1 Å². The number of sulfonamides is 1. The molecule has 2 aliphatic heterocycles. The molecule has 2 aromatic rings. The number of rotatable bonds is 10. The van der Waals surface area contributed by atoms with E-state index in [9.17, 15) is 18.3 Å². The zero-order valence-electron chi connectivity index (χ0n) is 21.3. The van der Waals surface area contributed by atoms with Crippen molar-refractivity contribution >= 4 is 33.3 Å². The average Bonchev–Trinajstić information content (AvgIpc) is 3.24. The highest BCUT2D eigenvalue weighted by Gasteiger charge is 2.41. The van der Waals surface area contributed by atoms with Gasteiger partial charge < -0.3 is 24.0 Å². The Morgan fingerprint density at radius 1 is 1.27 bits per heavy atom. The first-order chi connectivity index (χ1) is 17.6. The molecule has 0 bridgehead atoms. The van der Waals surface area contributed by atoms with Gasteiger partial charge in [-0.25, -0.2) is 13.1 Å². The first-order valence-electron chi connectivity index (χ1n) is 12.4. The molecule has 3 heterocycles. The molecular formula is C24H34ClN5O6S. The number of anilines is 1. The van der Waals surface area contributed by atoms with Crippen molar-refractivity contribution in [1.29, 1.82) is 0 Å². The number of hydrogen-bond acceptors (Lipinski definition) is 8. The van der Waals surface area contributed by atoms with Gasteiger partial charge in [-0.05, 0) is 57.2 Å². The zero-order valence-corrected chi connectivity index (χ0v) is 22.8. The van der Waals surface area contributed by atoms with E-state index < -0.39 is 22.3 Å². The standard InChI is InChI=1S/C24H34ClN5O6S/c1-16(2)27-37(33,34)23-26-21-20(30(23)15-17-8-10-18(25)11-9-17)22(31)29(24(32)28(21)3)12-6-14-36-19-7-4-5-13-35-19/h8-11,16,19,24,27,32H,4-7,12-15H2,1-3H3. The monoisotopic (exact) mass is 555 g/mol. The molecule has 37 heavy (non-hydrogen) atoms. The molecule has 1 amide bonds. The fraction of sp³-hybridized carbons (Fsp3) is 0.583. The van der Waals surface area contributed by atoms with Crippen molar-refractivity contribution in [2.24, 2.45) is 0 Å². The Balaban J connectivity index is 1.63. The number of amides is 1. The van der Waals surface area contributed by atoms with Gasteiger partial charge >= 0.3 is 0 Å². The molecule has 0 radical (unpaired) electrons. The fourth-order valence-electron chi connectivity index (χ4n) is 4.43. The van der Waals surface area contributed by atoms with E-state index in [2.05, 4.69) is 9.71 Å². The lowest BCUT2D eigenvalue weighted by atomic mass is 10.2. The molecule has 2 N–H and O–H groups in total. The minimum absolute atomic E-state index is 0.0689. The smallest absolute Gasteiger partial charge is 0.277 e. The second-order valence-corrected chi connectivity index (χ2v) is 11.6. The van der Waals surface area contributed by atoms with E-state index in [1.54, 1.807) is 45.2 Å². The maximum absolute atomic E-state index is 13.7. The Morgan fingerprint density at radius 3 is 2.65 bits per heavy atom. The highest BCUT2D eigenvalue weighted by molar-refractivity contribution is 7.89. The van der Waals surface area contributed by atoms with Crippen LogP contribution in [0.15, 0.2) is 29.4 Å². The van der Waals surface area contributed by atoms with Gasteiger partial charge in [0.05, 0.1) is 13.2 Å². The van der Waals surface area contributed by atoms with Crippen molar-refractivity contribution in [2.45, 2.75) is 69.9 Å². The Labute approximate surface area is 222 Å². The lowest BCUT2D eigenvalue weighted by Crippen LogP contribution is -2.54. The molecule has 2 atom stereocenters. The summed E-state index contributed by atoms with van der Waals surface area (Å²) < 4.78 is 41.7. The molecule has 0 spiro atoms. The van der Waals surface area contributed by atoms with Crippen LogP contribution >= 0.6 is 11.6 Å². The quantitative estimate of drug-likeness (QED) is 0.428. The Bertz CT molecular complexity index is 1200. The van der Waals surface area contributed by atoms with Crippen molar-refractivity contribution in [3.05, 3.63) is 40.5 Å². The van der Waals surface area contributed by atoms with Gasteiger partial charge in [-0.3, -0.25) is 9.69 Å². The molecule has 4 rings (SSSR count). The molecular weight excluding hydrogens is 522 g/mol. The second-order valence-electron chi connectivity index (χ2n) is 9.53. The van der Waals surface area contributed by atoms with Crippen molar-refractivity contribution in [3.8, 4) is 0 Å². The zero-order chi connectivity index (χ0) is 26.7. The molecule has 0 saturated carbocycles. The van der Waals surface area contributed by atoms with Crippen LogP contribution in [0.4, 0.5) is 5.82 Å². The molecule has 0 aliphatic carbocycles. The first-order valence-corrected chi connectivity index (χ1v) is 14.3. The van der Waals surface area contributed by atoms with E-state index in [1.165, 1.54) is 14.4 Å². The summed E-state index contributed by atoms with van der Waals surface area (Å²) in [6, 6.07) is 6.53. The number of imidazole rings is 1. The van der Waals surface area contributed by atoms with Gasteiger partial charge in [0, 0.05) is 31.3 Å². The summed E-state index contributed by atoms with van der Waals surface area (Å²) in [5.74, 6) is -0.416. The molecule has 2 aliphatic rings. The van der Waals surface area contributed by atoms with Crippen LogP contribution in [-0.4, -0.2) is 79.4 Å². The van der Waals surface area contributed by atoms with E-state index in [0.717, 1.165) is 24.8 Å². The van der Waals surface area contributed by atoms with Crippen LogP contribution in [0.5, 0.6) is 0 Å². The number of fused-ring (bicyclic) bond motifs is 1. The predicted molar refractivity (Wildman–Crippen MR) is 138 cm³/mol. The summed E-state index contributed by atoms with van der Waals surface area (Å²) in [6.07, 6.45) is 1.83. The summed E-state index contributed by atoms with van der Waals surface area (Å²) in [4.78, 5) is 20.7. The van der Waals surface area contributed by atoms with Gasteiger partial charge in [-0.2, -0.15) is 4.98 Å². The molecule has 11 nitrogen and oxygen atoms in total. The SMILES string of the molecule is CC(C)NS(=O)(=O)c1nc2c(n1Cc1ccc(Cl)cc1)C(=O)N(CCCOC1CCCCO1)C(O)N2C. The average molecular weight is 556 g/mol. The third kappa shape index (κ3) is 6.27. The third-order valence-electron chi connectivity index (χ3n) is 6.21. The van der Waals surface area contributed by atoms with Crippen molar-refractivity contribution in [2.75, 3.05) is 31.7 Å². The molecule has 1 saturated heterocycles. The molecule has 204 valence electrons. The number of nitrogens with one attached hydrogen (secondary N) is 1. The summed E-state index contributed by atoms with van der Waals surface area (Å²) in [5, 5.41) is 11.1. The summed E-state index contributed by atoms with van der Waals surface area (Å²) in [5.41, 5.74) is 0.822. The minimum atomic E-state index is -4.06. The maximum Gasteiger partial charge on any atom is 0.277 e. The van der Waals surface area contributed by atoms with Crippen LogP contribution in [0, 0.1) is 0 Å². The van der Waals surface area contributed by atoms with Crippen molar-refractivity contribution in [1.82, 2.24) is 19.2 Å². The van der Waals surface area contributed by atoms with Crippen LogP contribution in [0.25, 0.3) is 0 Å². The van der Waals surface area contributed by atoms with Crippen molar-refractivity contribution in [3.63, 3.8) is 0 Å². The Morgan fingerprint density at radius 2 is 2.00 bits per heavy atom. The van der Waals surface area contributed by atoms with Crippen LogP contribution in [-0.2, 0) is 26.0 Å². The van der Waals surface area contributed by atoms with Gasteiger partial charge in [-0.1, -0.05) is 23.7 Å². The number of benzene rings is 1. The normalized spacial score (nSPS) is 20.5. The third-order valence-corrected chi connectivity index (χ3v) is 8.03. The molecule has 1 aromatic carbocycles. The number of carbonyl (C=O) groups is 1. The highest BCUT2D eigenvalue weighted by Crippen LogP contribution is 2.32. The number of hydrogen-bond donors (Lipinski definition) is 2. The number of halogens is 1. The highest BCUT2D eigenvalue weighted by atomic mass is 35.5. The van der Waals surface area contributed by atoms with Crippen molar-refractivity contribution < 1.29 is 27.8 Å². The Kier molecular flexibility index (Phi) is 8.77. The number of aromatic nitrogens is 2. The predicted octanol–water partition coefficient (Wildman–Crippen LogP) is 2.37. The topological polar surface area (TPSA) is 126 Å². The van der Waals surface area contributed by atoms with E-state index in [0.29, 0.717) is 24.7 Å². The maximum atomic E-state index is 13.7. The lowest BCUT2D eigenvalue weighted by molar-refractivity contribution is -0.163. The number of nitrogens with zero attached hydrogens (tertiary/aromatic N) is 4. The van der Waals surface area contributed by atoms with Gasteiger partial charge in [-0.15, -0.1) is 0 Å². The summed E-state index contributed by atoms with van der Waals surface area (Å²) in [7, 11) is -2.49. The number of aliphatic hydroxyl groups excluding tert-OH is 1. The molecule has 1 aromatic heterocycles. The first kappa shape index (κ1) is 27.8. The summed E-state index contributed by atoms with van der Waals surface area (Å²) >= 11 is 6.02. The van der Waals surface area contributed by atoms with Gasteiger partial charge in [0.2, 0.25) is 11.5 Å². The lowest BCUT2D eigenvalue weighted by Gasteiger charge is -2.38. The molecule has 1 fully saturated rings. The van der Waals surface area contributed by atoms with E-state index >= 15 is 0 Å². The van der Waals surface area contributed by atoms with E-state index in [1.807, 2.05) is 0 Å². The second kappa shape index (κ2) is 11.7. The minimum Gasteiger partial charge on any atom is -0.356 e. The van der Waals surface area contributed by atoms with E-state index in [-0.39, 0.29) is 42.1 Å². The number of aliphatic hydroxyl groups is 1. The largest absolute Gasteiger partial charge is 0.356 e. The number of ether oxygens (including phenoxy) is 2. The van der Waals surface area contributed by atoms with Gasteiger partial charge in [0.25, 0.3) is 15.9 Å². The van der Waals surface area contributed by atoms with Crippen LogP contribution in [0.2, 0.25) is 5.02 Å². The number of carbonyl (C=O) groups excluding carboxylic acids is 1. The van der Waals surface area contributed by atoms with Crippen LogP contribution in [0.3, 0.4) is 0 Å².